The fraction of sp³-hybridized carbons (Fsp3) is 0.471. The number of benzene rings is 1. The predicted octanol–water partition coefficient (Wildman–Crippen LogP) is 4.58. The number of hydrogen-bond donors (Lipinski definition) is 1. The van der Waals surface area contributed by atoms with Crippen LogP contribution in [0.25, 0.3) is 10.9 Å². The average molecular weight is 255 g/mol. The summed E-state index contributed by atoms with van der Waals surface area (Å²) in [5.41, 5.74) is 4.41. The molecule has 2 heteroatoms. The summed E-state index contributed by atoms with van der Waals surface area (Å²) in [4.78, 5) is 16.0. The van der Waals surface area contributed by atoms with Crippen LogP contribution < -0.4 is 0 Å². The fourth-order valence-corrected chi connectivity index (χ4v) is 3.04. The Balaban J connectivity index is 2.17. The minimum absolute atomic E-state index is 0.264. The van der Waals surface area contributed by atoms with E-state index in [1.54, 1.807) is 0 Å². The molecule has 1 N–H and O–H groups in total. The number of Topliss-reactive ketones (excluding diaryl/α,β-unsaturated/α-hetero) is 1. The minimum atomic E-state index is 0.264. The number of nitrogens with one attached hydrogen (secondary N) is 1. The van der Waals surface area contributed by atoms with Gasteiger partial charge < -0.3 is 4.98 Å². The highest BCUT2D eigenvalue weighted by atomic mass is 16.1. The molecule has 1 fully saturated rings. The Morgan fingerprint density at radius 2 is 2.05 bits per heavy atom. The van der Waals surface area contributed by atoms with Gasteiger partial charge in [-0.2, -0.15) is 0 Å². The summed E-state index contributed by atoms with van der Waals surface area (Å²) >= 11 is 0. The molecule has 1 saturated carbocycles. The summed E-state index contributed by atoms with van der Waals surface area (Å²) in [5.74, 6) is 1.07. The van der Waals surface area contributed by atoms with Gasteiger partial charge >= 0.3 is 0 Å². The van der Waals surface area contributed by atoms with Crippen molar-refractivity contribution < 1.29 is 4.79 Å². The molecule has 1 aromatic carbocycles. The van der Waals surface area contributed by atoms with E-state index in [1.165, 1.54) is 12.0 Å². The fourth-order valence-electron chi connectivity index (χ4n) is 3.04. The van der Waals surface area contributed by atoms with Crippen LogP contribution >= 0.6 is 0 Å². The van der Waals surface area contributed by atoms with Crippen LogP contribution in [0, 0.1) is 12.8 Å². The molecule has 2 aromatic rings. The number of carbonyl (C=O) groups excluding carboxylic acids is 1. The molecule has 0 unspecified atom stereocenters. The van der Waals surface area contributed by atoms with Gasteiger partial charge in [0, 0.05) is 28.1 Å². The molecule has 1 heterocycles. The van der Waals surface area contributed by atoms with E-state index in [0.29, 0.717) is 11.7 Å². The maximum absolute atomic E-state index is 12.6. The number of H-pyrrole nitrogens is 1. The second-order valence-electron chi connectivity index (χ2n) is 6.04. The van der Waals surface area contributed by atoms with Crippen LogP contribution in [0.15, 0.2) is 18.2 Å². The lowest BCUT2D eigenvalue weighted by Gasteiger charge is -2.23. The first kappa shape index (κ1) is 12.5. The first-order valence-corrected chi connectivity index (χ1v) is 7.25. The van der Waals surface area contributed by atoms with Crippen molar-refractivity contribution >= 4 is 16.7 Å². The third-order valence-corrected chi connectivity index (χ3v) is 4.40. The molecule has 3 rings (SSSR count). The van der Waals surface area contributed by atoms with Gasteiger partial charge in [-0.3, -0.25) is 4.79 Å². The zero-order valence-electron chi connectivity index (χ0n) is 11.9. The maximum atomic E-state index is 12.6. The molecule has 0 radical (unpaired) electrons. The maximum Gasteiger partial charge on any atom is 0.168 e. The normalized spacial score (nSPS) is 16.0. The first-order valence-electron chi connectivity index (χ1n) is 7.25. The van der Waals surface area contributed by atoms with E-state index in [-0.39, 0.29) is 5.92 Å². The molecule has 1 aliphatic carbocycles. The van der Waals surface area contributed by atoms with E-state index in [4.69, 9.17) is 0 Å². The molecule has 100 valence electrons. The molecular formula is C17H21NO. The van der Waals surface area contributed by atoms with Crippen molar-refractivity contribution in [2.75, 3.05) is 0 Å². The molecular weight excluding hydrogens is 234 g/mol. The number of carbonyl (C=O) groups is 1. The smallest absolute Gasteiger partial charge is 0.168 e. The van der Waals surface area contributed by atoms with Gasteiger partial charge in [-0.1, -0.05) is 38.5 Å². The van der Waals surface area contributed by atoms with E-state index in [1.807, 2.05) is 6.92 Å². The average Bonchev–Trinajstić information content (AvgIpc) is 2.61. The van der Waals surface area contributed by atoms with Crippen LogP contribution in [0.1, 0.15) is 60.6 Å². The van der Waals surface area contributed by atoms with Crippen LogP contribution in [0.5, 0.6) is 0 Å². The molecule has 1 aromatic heterocycles. The van der Waals surface area contributed by atoms with Gasteiger partial charge in [-0.25, -0.2) is 0 Å². The third-order valence-electron chi connectivity index (χ3n) is 4.40. The number of aromatic nitrogens is 1. The number of rotatable bonds is 3. The Hall–Kier alpha value is -1.57. The van der Waals surface area contributed by atoms with Crippen molar-refractivity contribution in [1.82, 2.24) is 4.98 Å². The predicted molar refractivity (Wildman–Crippen MR) is 78.8 cm³/mol. The SMILES string of the molecule is Cc1[nH]c2c(C(C)C)cccc2c1C(=O)C1CCC1. The largest absolute Gasteiger partial charge is 0.358 e. The van der Waals surface area contributed by atoms with Gasteiger partial charge in [-0.05, 0) is 31.2 Å². The molecule has 0 bridgehead atoms. The van der Waals surface area contributed by atoms with Crippen LogP contribution in [0.3, 0.4) is 0 Å². The third kappa shape index (κ3) is 1.90. The van der Waals surface area contributed by atoms with Gasteiger partial charge in [0.1, 0.15) is 0 Å². The zero-order chi connectivity index (χ0) is 13.6. The first-order chi connectivity index (χ1) is 9.09. The summed E-state index contributed by atoms with van der Waals surface area (Å²) in [6.07, 6.45) is 3.33. The second-order valence-corrected chi connectivity index (χ2v) is 6.04. The Morgan fingerprint density at radius 3 is 2.63 bits per heavy atom. The van der Waals surface area contributed by atoms with E-state index < -0.39 is 0 Å². The molecule has 0 atom stereocenters. The summed E-state index contributed by atoms with van der Waals surface area (Å²) in [7, 11) is 0. The van der Waals surface area contributed by atoms with Crippen LogP contribution in [0.4, 0.5) is 0 Å². The Labute approximate surface area is 114 Å². The minimum Gasteiger partial charge on any atom is -0.358 e. The number of aryl methyl sites for hydroxylation is 1. The Morgan fingerprint density at radius 1 is 1.32 bits per heavy atom. The lowest BCUT2D eigenvalue weighted by Crippen LogP contribution is -2.22. The highest BCUT2D eigenvalue weighted by Crippen LogP contribution is 2.35. The number of ketones is 1. The molecule has 0 saturated heterocycles. The molecule has 0 amide bonds. The van der Waals surface area contributed by atoms with Crippen molar-refractivity contribution in [2.45, 2.75) is 46.0 Å². The van der Waals surface area contributed by atoms with Gasteiger partial charge in [0.15, 0.2) is 5.78 Å². The summed E-state index contributed by atoms with van der Waals surface area (Å²) < 4.78 is 0. The molecule has 2 nitrogen and oxygen atoms in total. The van der Waals surface area contributed by atoms with Crippen LogP contribution in [0.2, 0.25) is 0 Å². The van der Waals surface area contributed by atoms with E-state index in [0.717, 1.165) is 35.0 Å². The molecule has 0 aliphatic heterocycles. The number of hydrogen-bond acceptors (Lipinski definition) is 1. The molecule has 1 aliphatic rings. The summed E-state index contributed by atoms with van der Waals surface area (Å²) in [6.45, 7) is 6.41. The quantitative estimate of drug-likeness (QED) is 0.800. The Bertz CT molecular complexity index is 632. The van der Waals surface area contributed by atoms with E-state index in [2.05, 4.69) is 37.0 Å². The lowest BCUT2D eigenvalue weighted by atomic mass is 9.79. The van der Waals surface area contributed by atoms with E-state index >= 15 is 0 Å². The van der Waals surface area contributed by atoms with Crippen molar-refractivity contribution in [1.29, 1.82) is 0 Å². The monoisotopic (exact) mass is 255 g/mol. The Kier molecular flexibility index (Phi) is 2.96. The standard InChI is InChI=1S/C17H21NO/c1-10(2)13-8-5-9-14-15(11(3)18-16(13)14)17(19)12-6-4-7-12/h5,8-10,12,18H,4,6-7H2,1-3H3. The number of aromatic amines is 1. The highest BCUT2D eigenvalue weighted by Gasteiger charge is 2.29. The van der Waals surface area contributed by atoms with Crippen molar-refractivity contribution in [3.8, 4) is 0 Å². The van der Waals surface area contributed by atoms with Gasteiger partial charge in [-0.15, -0.1) is 0 Å². The summed E-state index contributed by atoms with van der Waals surface area (Å²) in [5, 5.41) is 1.11. The van der Waals surface area contributed by atoms with E-state index in [9.17, 15) is 4.79 Å². The summed E-state index contributed by atoms with van der Waals surface area (Å²) in [6, 6.07) is 6.31. The van der Waals surface area contributed by atoms with Gasteiger partial charge in [0.2, 0.25) is 0 Å². The van der Waals surface area contributed by atoms with Gasteiger partial charge in [0.25, 0.3) is 0 Å². The molecule has 19 heavy (non-hydrogen) atoms. The highest BCUT2D eigenvalue weighted by molar-refractivity contribution is 6.11. The topological polar surface area (TPSA) is 32.9 Å². The van der Waals surface area contributed by atoms with Gasteiger partial charge in [0.05, 0.1) is 0 Å². The van der Waals surface area contributed by atoms with Crippen molar-refractivity contribution in [3.05, 3.63) is 35.0 Å². The van der Waals surface area contributed by atoms with Crippen LogP contribution in [-0.4, -0.2) is 10.8 Å². The van der Waals surface area contributed by atoms with Crippen molar-refractivity contribution in [2.24, 2.45) is 5.92 Å². The van der Waals surface area contributed by atoms with Crippen molar-refractivity contribution in [3.63, 3.8) is 0 Å². The molecule has 0 spiro atoms. The number of fused-ring (bicyclic) bond motifs is 1. The lowest BCUT2D eigenvalue weighted by molar-refractivity contribution is 0.0856. The number of para-hydroxylation sites is 1. The van der Waals surface area contributed by atoms with Crippen LogP contribution in [-0.2, 0) is 0 Å². The zero-order valence-corrected chi connectivity index (χ0v) is 11.9. The second kappa shape index (κ2) is 4.52.